The van der Waals surface area contributed by atoms with Crippen LogP contribution in [-0.4, -0.2) is 42.5 Å². The third-order valence-electron chi connectivity index (χ3n) is 7.32. The first-order valence-electron chi connectivity index (χ1n) is 13.8. The number of fused-ring (bicyclic) bond motifs is 4. The summed E-state index contributed by atoms with van der Waals surface area (Å²) >= 11 is 0. The van der Waals surface area contributed by atoms with Gasteiger partial charge in [0.15, 0.2) is 0 Å². The van der Waals surface area contributed by atoms with Gasteiger partial charge in [-0.25, -0.2) is 0 Å². The minimum atomic E-state index is -1.83. The molecule has 5 heteroatoms. The molecule has 0 amide bonds. The number of unbranched alkanes of at least 4 members (excludes halogenated alkanes) is 3. The van der Waals surface area contributed by atoms with Gasteiger partial charge in [-0.15, -0.1) is 0 Å². The zero-order chi connectivity index (χ0) is 26.0. The predicted octanol–water partition coefficient (Wildman–Crippen LogP) is 8.26. The largest absolute Gasteiger partial charge is 0.707 e. The number of rotatable bonds is 11. The van der Waals surface area contributed by atoms with Crippen molar-refractivity contribution in [1.82, 2.24) is 0 Å². The molecule has 0 aliphatic carbocycles. The number of benzene rings is 4. The van der Waals surface area contributed by atoms with Crippen molar-refractivity contribution in [2.45, 2.75) is 59.3 Å². The van der Waals surface area contributed by atoms with Crippen molar-refractivity contribution in [1.29, 1.82) is 0 Å². The minimum Gasteiger partial charge on any atom is -0.511 e. The molecule has 0 heterocycles. The molecule has 4 rings (SSSR count). The van der Waals surface area contributed by atoms with Crippen molar-refractivity contribution in [3.8, 4) is 5.75 Å². The van der Waals surface area contributed by atoms with Crippen LogP contribution in [0.2, 0.25) is 0 Å². The Morgan fingerprint density at radius 2 is 1.19 bits per heavy atom. The number of hydrogen-bond donors (Lipinski definition) is 2. The van der Waals surface area contributed by atoms with Gasteiger partial charge in [0.05, 0.1) is 0 Å². The molecule has 0 aromatic heterocycles. The fourth-order valence-corrected chi connectivity index (χ4v) is 9.54. The maximum atomic E-state index is 9.14. The van der Waals surface area contributed by atoms with Crippen molar-refractivity contribution in [2.75, 3.05) is 25.2 Å². The Morgan fingerprint density at radius 3 is 1.75 bits per heavy atom. The molecular weight excluding hydrogens is 462 g/mol. The van der Waals surface area contributed by atoms with Gasteiger partial charge in [0, 0.05) is 5.39 Å². The molecule has 0 unspecified atom stereocenters. The fraction of sp³-hybridized carbons (Fsp3) is 0.419. The molecule has 0 saturated heterocycles. The van der Waals surface area contributed by atoms with Crippen LogP contribution in [0.5, 0.6) is 5.75 Å². The summed E-state index contributed by atoms with van der Waals surface area (Å²) in [5, 5.41) is 24.6. The van der Waals surface area contributed by atoms with E-state index in [0.29, 0.717) is 5.75 Å². The third-order valence-corrected chi connectivity index (χ3v) is 12.0. The molecule has 0 spiro atoms. The predicted molar refractivity (Wildman–Crippen MR) is 163 cm³/mol. The Balaban J connectivity index is 0.000000226. The summed E-state index contributed by atoms with van der Waals surface area (Å²) in [5.41, 5.74) is 0. The summed E-state index contributed by atoms with van der Waals surface area (Å²) in [7, 11) is -2.64. The third kappa shape index (κ3) is 7.69. The Labute approximate surface area is 218 Å². The van der Waals surface area contributed by atoms with Gasteiger partial charge in [-0.05, 0) is 45.1 Å². The summed E-state index contributed by atoms with van der Waals surface area (Å²) in [5.74, 6) is 0.466. The van der Waals surface area contributed by atoms with Crippen LogP contribution in [0.1, 0.15) is 59.3 Å². The Morgan fingerprint density at radius 1 is 0.667 bits per heavy atom. The summed E-state index contributed by atoms with van der Waals surface area (Å²) in [6.07, 6.45) is 13.4. The summed E-state index contributed by atoms with van der Waals surface area (Å²) in [4.78, 5) is 0. The average Bonchev–Trinajstić information content (AvgIpc) is 2.88. The van der Waals surface area contributed by atoms with Crippen molar-refractivity contribution in [3.05, 3.63) is 66.7 Å². The van der Waals surface area contributed by atoms with Gasteiger partial charge >= 0.3 is 99.0 Å². The first-order valence-corrected chi connectivity index (χ1v) is 16.9. The molecule has 0 aliphatic heterocycles. The van der Waals surface area contributed by atoms with E-state index in [1.807, 2.05) is 30.3 Å². The van der Waals surface area contributed by atoms with E-state index < -0.39 is 14.6 Å². The molecule has 3 nitrogen and oxygen atoms in total. The Bertz CT molecular complexity index is 1220. The molecule has 4 aromatic rings. The quantitative estimate of drug-likeness (QED) is 0.0932. The monoisotopic (exact) mass is 506 g/mol. The molecule has 4 aromatic carbocycles. The van der Waals surface area contributed by atoms with Crippen molar-refractivity contribution < 1.29 is 14.7 Å². The van der Waals surface area contributed by atoms with Crippen LogP contribution in [0.25, 0.3) is 32.3 Å². The zero-order valence-electron chi connectivity index (χ0n) is 22.6. The minimum absolute atomic E-state index is 0.466. The van der Waals surface area contributed by atoms with Crippen LogP contribution in [0.15, 0.2) is 66.7 Å². The number of hydrogen-bond acceptors (Lipinski definition) is 3. The molecule has 0 atom stereocenters. The van der Waals surface area contributed by atoms with E-state index in [4.69, 9.17) is 14.7 Å². The van der Waals surface area contributed by atoms with E-state index in [1.165, 1.54) is 43.9 Å². The van der Waals surface area contributed by atoms with Crippen LogP contribution in [-0.2, 0) is 0 Å². The van der Waals surface area contributed by atoms with Gasteiger partial charge in [0.25, 0.3) is 0 Å². The Hall–Kier alpha value is -2.13. The second-order valence-electron chi connectivity index (χ2n) is 10.4. The van der Waals surface area contributed by atoms with Crippen LogP contribution in [0.4, 0.5) is 0 Å². The van der Waals surface area contributed by atoms with Gasteiger partial charge in [0.1, 0.15) is 5.75 Å². The molecule has 0 saturated carbocycles. The molecule has 194 valence electrons. The van der Waals surface area contributed by atoms with Crippen molar-refractivity contribution in [2.24, 2.45) is 0 Å². The summed E-state index contributed by atoms with van der Waals surface area (Å²) in [6, 6.07) is 22.1. The first kappa shape index (κ1) is 28.4. The summed E-state index contributed by atoms with van der Waals surface area (Å²) in [6.45, 7) is 9.63. The van der Waals surface area contributed by atoms with E-state index in [0.717, 1.165) is 26.9 Å². The van der Waals surface area contributed by atoms with Crippen molar-refractivity contribution in [3.63, 3.8) is 0 Å². The second kappa shape index (κ2) is 14.0. The molecule has 0 bridgehead atoms. The maximum Gasteiger partial charge on any atom is 0.707 e. The van der Waals surface area contributed by atoms with Crippen LogP contribution < -0.4 is 4.65 Å². The second-order valence-corrected chi connectivity index (χ2v) is 15.5. The normalized spacial score (nSPS) is 11.9. The van der Waals surface area contributed by atoms with Gasteiger partial charge in [-0.2, -0.15) is 0 Å². The van der Waals surface area contributed by atoms with E-state index >= 15 is 0 Å². The molecular formula is C31H44BO3P. The van der Waals surface area contributed by atoms with Gasteiger partial charge < -0.3 is 14.7 Å². The van der Waals surface area contributed by atoms with Crippen LogP contribution in [0.3, 0.4) is 0 Å². The topological polar surface area (TPSA) is 49.7 Å². The van der Waals surface area contributed by atoms with E-state index in [2.05, 4.69) is 57.8 Å². The SMILES string of the molecule is CCCC[PH](C)(CCCC)CCCC.OB(O)Oc1cccc2ccc3cc4ccccc4cc3c12. The fourth-order valence-electron chi connectivity index (χ4n) is 5.16. The van der Waals surface area contributed by atoms with E-state index in [-0.39, 0.29) is 0 Å². The van der Waals surface area contributed by atoms with E-state index in [9.17, 15) is 0 Å². The standard InChI is InChI=1S/C18H13BO3.C13H31P/c20-19(21)22-17-7-3-6-12-8-9-15-10-13-4-1-2-5-14(13)11-16(15)18(12)17;1-5-8-11-14(4,12-9-6-2)13-10-7-3/h1-11,20-21H;14H,5-13H2,1-4H3. The molecule has 36 heavy (non-hydrogen) atoms. The molecule has 2 N–H and O–H groups in total. The van der Waals surface area contributed by atoms with Crippen molar-refractivity contribution >= 4 is 46.9 Å². The average molecular weight is 506 g/mol. The first-order chi connectivity index (χ1) is 17.4. The van der Waals surface area contributed by atoms with Gasteiger partial charge in [0.2, 0.25) is 0 Å². The van der Waals surface area contributed by atoms with E-state index in [1.54, 1.807) is 24.6 Å². The van der Waals surface area contributed by atoms with Crippen LogP contribution >= 0.6 is 7.26 Å². The van der Waals surface area contributed by atoms with Gasteiger partial charge in [-0.1, -0.05) is 48.5 Å². The molecule has 0 aliphatic rings. The van der Waals surface area contributed by atoms with Crippen LogP contribution in [0, 0.1) is 0 Å². The zero-order valence-corrected chi connectivity index (χ0v) is 23.6. The summed E-state index contributed by atoms with van der Waals surface area (Å²) < 4.78 is 5.16. The Kier molecular flexibility index (Phi) is 11.0. The molecule has 0 radical (unpaired) electrons. The molecule has 0 fully saturated rings. The smallest absolute Gasteiger partial charge is 0.511 e. The van der Waals surface area contributed by atoms with Gasteiger partial charge in [-0.3, -0.25) is 0 Å². The maximum absolute atomic E-state index is 9.14.